The van der Waals surface area contributed by atoms with Gasteiger partial charge < -0.3 is 14.8 Å². The molecule has 0 unspecified atom stereocenters. The third-order valence-corrected chi connectivity index (χ3v) is 3.89. The summed E-state index contributed by atoms with van der Waals surface area (Å²) in [6.07, 6.45) is 0. The molecule has 3 rings (SSSR count). The van der Waals surface area contributed by atoms with Gasteiger partial charge in [0, 0.05) is 12.8 Å². The topological polar surface area (TPSA) is 78.3 Å². The van der Waals surface area contributed by atoms with Crippen LogP contribution in [-0.4, -0.2) is 35.1 Å². The molecule has 0 saturated heterocycles. The number of nitrogens with one attached hydrogen (secondary N) is 1. The Morgan fingerprint density at radius 2 is 1.77 bits per heavy atom. The number of anilines is 1. The van der Waals surface area contributed by atoms with Crippen molar-refractivity contribution >= 4 is 11.6 Å². The van der Waals surface area contributed by atoms with E-state index in [-0.39, 0.29) is 18.2 Å². The Hall–Kier alpha value is -3.19. The lowest BCUT2D eigenvalue weighted by molar-refractivity contribution is 0.101. The lowest BCUT2D eigenvalue weighted by Gasteiger charge is -2.09. The second kappa shape index (κ2) is 7.79. The number of aryl methyl sites for hydroxylation is 1. The van der Waals surface area contributed by atoms with E-state index in [1.807, 2.05) is 55.5 Å². The molecule has 2 aromatic carbocycles. The molecule has 1 amide bonds. The van der Waals surface area contributed by atoms with Crippen molar-refractivity contribution in [2.24, 2.45) is 0 Å². The van der Waals surface area contributed by atoms with Crippen LogP contribution in [0, 0.1) is 6.92 Å². The van der Waals surface area contributed by atoms with Gasteiger partial charge in [-0.1, -0.05) is 22.9 Å². The van der Waals surface area contributed by atoms with Crippen LogP contribution in [0.1, 0.15) is 21.7 Å². The van der Waals surface area contributed by atoms with E-state index in [9.17, 15) is 4.79 Å². The first-order chi connectivity index (χ1) is 12.6. The highest BCUT2D eigenvalue weighted by Crippen LogP contribution is 2.19. The number of amides is 1. The van der Waals surface area contributed by atoms with Crippen LogP contribution in [0.3, 0.4) is 0 Å². The van der Waals surface area contributed by atoms with Crippen LogP contribution >= 0.6 is 0 Å². The molecule has 0 aliphatic carbocycles. The third kappa shape index (κ3) is 3.73. The molecule has 1 aromatic heterocycles. The van der Waals surface area contributed by atoms with Crippen molar-refractivity contribution in [2.45, 2.75) is 13.5 Å². The molecule has 0 radical (unpaired) electrons. The predicted octanol–water partition coefficient (Wildman–Crippen LogP) is 2.98. The van der Waals surface area contributed by atoms with Crippen molar-refractivity contribution in [3.05, 3.63) is 65.5 Å². The lowest BCUT2D eigenvalue weighted by Crippen LogP contribution is -2.16. The van der Waals surface area contributed by atoms with Crippen LogP contribution in [-0.2, 0) is 11.3 Å². The minimum atomic E-state index is -0.333. The first-order valence-electron chi connectivity index (χ1n) is 8.08. The quantitative estimate of drug-likeness (QED) is 0.738. The summed E-state index contributed by atoms with van der Waals surface area (Å²) in [5.41, 5.74) is 3.38. The summed E-state index contributed by atoms with van der Waals surface area (Å²) in [5, 5.41) is 11.0. The summed E-state index contributed by atoms with van der Waals surface area (Å²) in [6, 6.07) is 14.9. The number of carbonyl (C=O) groups excluding carboxylic acids is 1. The van der Waals surface area contributed by atoms with Crippen molar-refractivity contribution in [2.75, 3.05) is 19.5 Å². The normalized spacial score (nSPS) is 10.6. The van der Waals surface area contributed by atoms with Gasteiger partial charge >= 0.3 is 0 Å². The summed E-state index contributed by atoms with van der Waals surface area (Å²) in [5.74, 6) is 0.403. The van der Waals surface area contributed by atoms with Gasteiger partial charge in [-0.25, -0.2) is 4.68 Å². The van der Waals surface area contributed by atoms with Crippen LogP contribution in [0.5, 0.6) is 5.75 Å². The van der Waals surface area contributed by atoms with Crippen LogP contribution in [0.15, 0.2) is 48.5 Å². The fourth-order valence-electron chi connectivity index (χ4n) is 2.50. The van der Waals surface area contributed by atoms with Crippen molar-refractivity contribution in [3.8, 4) is 11.4 Å². The SMILES string of the molecule is COCc1c(C(=O)Nc2ccc(C)cc2)nnn1-c1ccc(OC)cc1. The average molecular weight is 352 g/mol. The maximum atomic E-state index is 12.6. The number of hydrogen-bond donors (Lipinski definition) is 1. The summed E-state index contributed by atoms with van der Waals surface area (Å²) in [6.45, 7) is 2.19. The average Bonchev–Trinajstić information content (AvgIpc) is 3.08. The van der Waals surface area contributed by atoms with Gasteiger partial charge in [-0.3, -0.25) is 4.79 Å². The molecule has 0 fully saturated rings. The molecule has 7 nitrogen and oxygen atoms in total. The van der Waals surface area contributed by atoms with Crippen LogP contribution in [0.25, 0.3) is 5.69 Å². The smallest absolute Gasteiger partial charge is 0.278 e. The minimum Gasteiger partial charge on any atom is -0.497 e. The predicted molar refractivity (Wildman–Crippen MR) is 97.8 cm³/mol. The Kier molecular flexibility index (Phi) is 5.28. The number of hydrogen-bond acceptors (Lipinski definition) is 5. The highest BCUT2D eigenvalue weighted by Gasteiger charge is 2.20. The molecule has 7 heteroatoms. The first-order valence-corrected chi connectivity index (χ1v) is 8.08. The molecule has 0 aliphatic rings. The van der Waals surface area contributed by atoms with E-state index in [4.69, 9.17) is 9.47 Å². The van der Waals surface area contributed by atoms with Crippen molar-refractivity contribution in [3.63, 3.8) is 0 Å². The number of rotatable bonds is 6. The molecule has 134 valence electrons. The first kappa shape index (κ1) is 17.6. The Morgan fingerprint density at radius 3 is 2.38 bits per heavy atom. The largest absolute Gasteiger partial charge is 0.497 e. The van der Waals surface area contributed by atoms with E-state index in [1.54, 1.807) is 18.9 Å². The van der Waals surface area contributed by atoms with Crippen LogP contribution in [0.4, 0.5) is 5.69 Å². The zero-order valence-corrected chi connectivity index (χ0v) is 14.9. The Morgan fingerprint density at radius 1 is 1.08 bits per heavy atom. The molecule has 0 bridgehead atoms. The summed E-state index contributed by atoms with van der Waals surface area (Å²) in [7, 11) is 3.17. The Labute approximate surface area is 151 Å². The summed E-state index contributed by atoms with van der Waals surface area (Å²) >= 11 is 0. The number of aromatic nitrogens is 3. The lowest BCUT2D eigenvalue weighted by atomic mass is 10.2. The van der Waals surface area contributed by atoms with Gasteiger partial charge in [-0.05, 0) is 43.3 Å². The van der Waals surface area contributed by atoms with Gasteiger partial charge in [0.2, 0.25) is 0 Å². The number of methoxy groups -OCH3 is 2. The zero-order valence-electron chi connectivity index (χ0n) is 14.9. The zero-order chi connectivity index (χ0) is 18.5. The number of ether oxygens (including phenoxy) is 2. The molecular weight excluding hydrogens is 332 g/mol. The number of benzene rings is 2. The fourth-order valence-corrected chi connectivity index (χ4v) is 2.50. The van der Waals surface area contributed by atoms with Gasteiger partial charge in [-0.2, -0.15) is 0 Å². The van der Waals surface area contributed by atoms with Crippen molar-refractivity contribution < 1.29 is 14.3 Å². The molecule has 3 aromatic rings. The summed E-state index contributed by atoms with van der Waals surface area (Å²) in [4.78, 5) is 12.6. The molecule has 1 N–H and O–H groups in total. The molecular formula is C19H20N4O3. The van der Waals surface area contributed by atoms with Crippen LogP contribution < -0.4 is 10.1 Å². The maximum Gasteiger partial charge on any atom is 0.278 e. The third-order valence-electron chi connectivity index (χ3n) is 3.89. The standard InChI is InChI=1S/C19H20N4O3/c1-13-4-6-14(7-5-13)20-19(24)18-17(12-25-2)23(22-21-18)15-8-10-16(26-3)11-9-15/h4-11H,12H2,1-3H3,(H,20,24). The van der Waals surface area contributed by atoms with Gasteiger partial charge in [0.1, 0.15) is 11.4 Å². The summed E-state index contributed by atoms with van der Waals surface area (Å²) < 4.78 is 12.0. The van der Waals surface area contributed by atoms with Crippen LogP contribution in [0.2, 0.25) is 0 Å². The Bertz CT molecular complexity index is 886. The number of carbonyl (C=O) groups is 1. The molecule has 0 spiro atoms. The highest BCUT2D eigenvalue weighted by atomic mass is 16.5. The maximum absolute atomic E-state index is 12.6. The van der Waals surface area contributed by atoms with E-state index < -0.39 is 0 Å². The molecule has 0 saturated carbocycles. The second-order valence-corrected chi connectivity index (χ2v) is 5.75. The van der Waals surface area contributed by atoms with Gasteiger partial charge in [0.25, 0.3) is 5.91 Å². The van der Waals surface area contributed by atoms with E-state index >= 15 is 0 Å². The van der Waals surface area contributed by atoms with Crippen molar-refractivity contribution in [1.82, 2.24) is 15.0 Å². The van der Waals surface area contributed by atoms with E-state index in [0.29, 0.717) is 11.4 Å². The number of nitrogens with zero attached hydrogens (tertiary/aromatic N) is 3. The molecule has 26 heavy (non-hydrogen) atoms. The second-order valence-electron chi connectivity index (χ2n) is 5.75. The Balaban J connectivity index is 1.90. The fraction of sp³-hybridized carbons (Fsp3) is 0.211. The minimum absolute atomic E-state index is 0.204. The van der Waals surface area contributed by atoms with Gasteiger partial charge in [0.05, 0.1) is 19.4 Å². The van der Waals surface area contributed by atoms with Crippen molar-refractivity contribution in [1.29, 1.82) is 0 Å². The van der Waals surface area contributed by atoms with E-state index in [0.717, 1.165) is 17.0 Å². The highest BCUT2D eigenvalue weighted by molar-refractivity contribution is 6.03. The molecule has 0 aliphatic heterocycles. The molecule has 0 atom stereocenters. The van der Waals surface area contributed by atoms with E-state index in [2.05, 4.69) is 15.6 Å². The van der Waals surface area contributed by atoms with Gasteiger partial charge in [-0.15, -0.1) is 5.10 Å². The molecule has 1 heterocycles. The van der Waals surface area contributed by atoms with Gasteiger partial charge in [0.15, 0.2) is 5.69 Å². The monoisotopic (exact) mass is 352 g/mol. The van der Waals surface area contributed by atoms with E-state index in [1.165, 1.54) is 0 Å².